The molecule has 0 bridgehead atoms. The Labute approximate surface area is 198 Å². The molecule has 0 spiro atoms. The molecule has 2 aliphatic rings. The number of fused-ring (bicyclic) bond motifs is 3. The van der Waals surface area contributed by atoms with Gasteiger partial charge >= 0.3 is 0 Å². The molecule has 1 amide bonds. The zero-order valence-electron chi connectivity index (χ0n) is 19.5. The van der Waals surface area contributed by atoms with Crippen LogP contribution in [0.2, 0.25) is 0 Å². The monoisotopic (exact) mass is 464 g/mol. The van der Waals surface area contributed by atoms with Gasteiger partial charge in [0.15, 0.2) is 0 Å². The van der Waals surface area contributed by atoms with Crippen LogP contribution in [-0.2, 0) is 30.6 Å². The van der Waals surface area contributed by atoms with Gasteiger partial charge in [0.05, 0.1) is 11.9 Å². The fraction of sp³-hybridized carbons (Fsp3) is 0.500. The van der Waals surface area contributed by atoms with E-state index in [1.165, 1.54) is 35.3 Å². The zero-order valence-corrected chi connectivity index (χ0v) is 20.3. The smallest absolute Gasteiger partial charge is 0.263 e. The first-order valence-corrected chi connectivity index (χ1v) is 13.0. The number of amides is 1. The number of aromatic nitrogens is 2. The van der Waals surface area contributed by atoms with E-state index in [2.05, 4.69) is 17.1 Å². The normalized spacial score (nSPS) is 17.3. The molecule has 1 aliphatic carbocycles. The molecule has 7 heteroatoms. The van der Waals surface area contributed by atoms with Gasteiger partial charge in [0.2, 0.25) is 5.91 Å². The summed E-state index contributed by atoms with van der Waals surface area (Å²) in [5.74, 6) is 0.520. The molecule has 1 saturated heterocycles. The maximum atomic E-state index is 13.9. The minimum atomic E-state index is -0.642. The summed E-state index contributed by atoms with van der Waals surface area (Å²) in [4.78, 5) is 36.6. The van der Waals surface area contributed by atoms with E-state index in [0.29, 0.717) is 12.4 Å². The lowest BCUT2D eigenvalue weighted by Crippen LogP contribution is -2.36. The molecule has 0 radical (unpaired) electrons. The van der Waals surface area contributed by atoms with Crippen molar-refractivity contribution >= 4 is 33.1 Å². The van der Waals surface area contributed by atoms with Crippen molar-refractivity contribution in [2.75, 3.05) is 18.4 Å². The average molecular weight is 465 g/mol. The summed E-state index contributed by atoms with van der Waals surface area (Å²) in [6, 6.07) is 7.26. The summed E-state index contributed by atoms with van der Waals surface area (Å²) in [5, 5.41) is 3.75. The van der Waals surface area contributed by atoms with Gasteiger partial charge in [0, 0.05) is 10.6 Å². The van der Waals surface area contributed by atoms with Crippen molar-refractivity contribution in [1.82, 2.24) is 14.5 Å². The second-order valence-electron chi connectivity index (χ2n) is 9.29. The third-order valence-electron chi connectivity index (χ3n) is 7.05. The quantitative estimate of drug-likeness (QED) is 0.574. The fourth-order valence-corrected chi connectivity index (χ4v) is 6.37. The van der Waals surface area contributed by atoms with Crippen LogP contribution in [0, 0.1) is 0 Å². The van der Waals surface area contributed by atoms with Gasteiger partial charge in [-0.25, -0.2) is 4.98 Å². The van der Waals surface area contributed by atoms with E-state index in [0.717, 1.165) is 54.7 Å². The van der Waals surface area contributed by atoms with Crippen molar-refractivity contribution < 1.29 is 4.79 Å². The minimum Gasteiger partial charge on any atom is -0.324 e. The van der Waals surface area contributed by atoms with Crippen LogP contribution < -0.4 is 10.9 Å². The molecule has 3 aromatic rings. The van der Waals surface area contributed by atoms with Crippen molar-refractivity contribution in [3.63, 3.8) is 0 Å². The highest BCUT2D eigenvalue weighted by Crippen LogP contribution is 2.34. The highest BCUT2D eigenvalue weighted by atomic mass is 32.1. The highest BCUT2D eigenvalue weighted by molar-refractivity contribution is 7.18. The molecule has 3 heterocycles. The molecule has 33 heavy (non-hydrogen) atoms. The summed E-state index contributed by atoms with van der Waals surface area (Å²) in [5.41, 5.74) is 3.09. The third kappa shape index (κ3) is 4.36. The Kier molecular flexibility index (Phi) is 6.34. The Balaban J connectivity index is 1.53. The number of hydrogen-bond donors (Lipinski definition) is 1. The lowest BCUT2D eigenvalue weighted by molar-refractivity contribution is -0.119. The van der Waals surface area contributed by atoms with Crippen LogP contribution in [0.4, 0.5) is 5.69 Å². The Morgan fingerprint density at radius 2 is 1.85 bits per heavy atom. The molecule has 1 N–H and O–H groups in total. The Morgan fingerprint density at radius 1 is 1.12 bits per heavy atom. The van der Waals surface area contributed by atoms with Crippen molar-refractivity contribution in [2.45, 2.75) is 71.4 Å². The van der Waals surface area contributed by atoms with Gasteiger partial charge in [-0.1, -0.05) is 19.1 Å². The standard InChI is InChI=1S/C26H32N4O2S/c1-3-18-10-12-19(13-11-18)27-24(31)17(2)30-22(16-29-14-6-7-15-29)28-25-23(26(30)32)20-8-4-5-9-21(20)33-25/h10-13,17H,3-9,14-16H2,1-2H3,(H,27,31). The van der Waals surface area contributed by atoms with E-state index in [1.807, 2.05) is 31.2 Å². The average Bonchev–Trinajstić information content (AvgIpc) is 3.46. The lowest BCUT2D eigenvalue weighted by Gasteiger charge is -2.22. The number of hydrogen-bond acceptors (Lipinski definition) is 5. The number of likely N-dealkylation sites (tertiary alicyclic amines) is 1. The molecule has 0 saturated carbocycles. The number of carbonyl (C=O) groups excluding carboxylic acids is 1. The lowest BCUT2D eigenvalue weighted by atomic mass is 9.97. The van der Waals surface area contributed by atoms with Crippen LogP contribution in [-0.4, -0.2) is 33.4 Å². The van der Waals surface area contributed by atoms with E-state index in [9.17, 15) is 9.59 Å². The van der Waals surface area contributed by atoms with E-state index < -0.39 is 6.04 Å². The molecule has 1 aromatic carbocycles. The predicted molar refractivity (Wildman–Crippen MR) is 134 cm³/mol. The Bertz CT molecular complexity index is 1220. The predicted octanol–water partition coefficient (Wildman–Crippen LogP) is 4.69. The zero-order chi connectivity index (χ0) is 22.9. The van der Waals surface area contributed by atoms with E-state index in [-0.39, 0.29) is 11.5 Å². The van der Waals surface area contributed by atoms with Crippen LogP contribution in [0.15, 0.2) is 29.1 Å². The van der Waals surface area contributed by atoms with Crippen molar-refractivity contribution in [1.29, 1.82) is 0 Å². The minimum absolute atomic E-state index is 0.0578. The van der Waals surface area contributed by atoms with Crippen LogP contribution in [0.3, 0.4) is 0 Å². The Morgan fingerprint density at radius 3 is 2.58 bits per heavy atom. The first-order valence-electron chi connectivity index (χ1n) is 12.2. The summed E-state index contributed by atoms with van der Waals surface area (Å²) in [7, 11) is 0. The molecule has 1 atom stereocenters. The molecule has 1 fully saturated rings. The van der Waals surface area contributed by atoms with Gasteiger partial charge in [-0.3, -0.25) is 19.1 Å². The number of nitrogens with one attached hydrogen (secondary N) is 1. The van der Waals surface area contributed by atoms with Gasteiger partial charge in [0.1, 0.15) is 16.7 Å². The molecule has 174 valence electrons. The maximum Gasteiger partial charge on any atom is 0.263 e. The number of benzene rings is 1. The topological polar surface area (TPSA) is 67.2 Å². The fourth-order valence-electron chi connectivity index (χ4n) is 5.10. The van der Waals surface area contributed by atoms with Gasteiger partial charge in [-0.15, -0.1) is 11.3 Å². The molecular formula is C26H32N4O2S. The highest BCUT2D eigenvalue weighted by Gasteiger charge is 2.27. The summed E-state index contributed by atoms with van der Waals surface area (Å²) < 4.78 is 1.66. The van der Waals surface area contributed by atoms with Crippen molar-refractivity contribution in [3.05, 3.63) is 56.4 Å². The molecule has 5 rings (SSSR count). The molecule has 2 aromatic heterocycles. The molecular weight excluding hydrogens is 432 g/mol. The van der Waals surface area contributed by atoms with Crippen molar-refractivity contribution in [3.8, 4) is 0 Å². The molecule has 6 nitrogen and oxygen atoms in total. The maximum absolute atomic E-state index is 13.9. The number of thiophene rings is 1. The summed E-state index contributed by atoms with van der Waals surface area (Å²) in [6.45, 7) is 6.56. The number of rotatable bonds is 6. The van der Waals surface area contributed by atoms with Gasteiger partial charge < -0.3 is 5.32 Å². The van der Waals surface area contributed by atoms with Gasteiger partial charge in [-0.05, 0) is 88.2 Å². The van der Waals surface area contributed by atoms with Gasteiger partial charge in [-0.2, -0.15) is 0 Å². The van der Waals surface area contributed by atoms with E-state index >= 15 is 0 Å². The van der Waals surface area contributed by atoms with Crippen molar-refractivity contribution in [2.24, 2.45) is 0 Å². The van der Waals surface area contributed by atoms with Crippen LogP contribution in [0.25, 0.3) is 10.2 Å². The SMILES string of the molecule is CCc1ccc(NC(=O)C(C)n2c(CN3CCCC3)nc3sc4c(c3c2=O)CCCC4)cc1. The molecule has 1 aliphatic heterocycles. The first-order chi connectivity index (χ1) is 16.0. The largest absolute Gasteiger partial charge is 0.324 e. The van der Waals surface area contributed by atoms with Crippen LogP contribution in [0.1, 0.15) is 67.4 Å². The first kappa shape index (κ1) is 22.3. The van der Waals surface area contributed by atoms with E-state index in [4.69, 9.17) is 4.98 Å². The number of anilines is 1. The number of nitrogens with zero attached hydrogens (tertiary/aromatic N) is 3. The Hall–Kier alpha value is -2.51. The van der Waals surface area contributed by atoms with Gasteiger partial charge in [0.25, 0.3) is 5.56 Å². The summed E-state index contributed by atoms with van der Waals surface area (Å²) in [6.07, 6.45) is 7.54. The number of aryl methyl sites for hydroxylation is 3. The second-order valence-corrected chi connectivity index (χ2v) is 10.4. The number of carbonyl (C=O) groups is 1. The van der Waals surface area contributed by atoms with E-state index in [1.54, 1.807) is 15.9 Å². The van der Waals surface area contributed by atoms with Crippen LogP contribution in [0.5, 0.6) is 0 Å². The van der Waals surface area contributed by atoms with Crippen LogP contribution >= 0.6 is 11.3 Å². The molecule has 1 unspecified atom stereocenters. The second kappa shape index (κ2) is 9.39. The summed E-state index contributed by atoms with van der Waals surface area (Å²) >= 11 is 1.68. The third-order valence-corrected chi connectivity index (χ3v) is 8.24.